The molecule has 2 heterocycles. The molecule has 2 aromatic heterocycles. The summed E-state index contributed by atoms with van der Waals surface area (Å²) in [5, 5.41) is 4.89. The average Bonchev–Trinajstić information content (AvgIpc) is 2.77. The lowest BCUT2D eigenvalue weighted by molar-refractivity contribution is 0.623. The van der Waals surface area contributed by atoms with Crippen molar-refractivity contribution < 1.29 is 0 Å². The Morgan fingerprint density at radius 3 is 2.24 bits per heavy atom. The molecule has 29 heavy (non-hydrogen) atoms. The molecule has 0 unspecified atom stereocenters. The Morgan fingerprint density at radius 2 is 1.45 bits per heavy atom. The molecule has 0 saturated heterocycles. The van der Waals surface area contributed by atoms with Gasteiger partial charge >= 0.3 is 0 Å². The summed E-state index contributed by atoms with van der Waals surface area (Å²) >= 11 is 0. The number of fused-ring (bicyclic) bond motifs is 3. The molecule has 5 aromatic rings. The highest BCUT2D eigenvalue weighted by Crippen LogP contribution is 2.48. The zero-order valence-electron chi connectivity index (χ0n) is 16.5. The molecule has 0 N–H and O–H groups in total. The Kier molecular flexibility index (Phi) is 3.25. The van der Waals surface area contributed by atoms with Crippen molar-refractivity contribution in [1.82, 2.24) is 9.97 Å². The molecule has 0 fully saturated rings. The second-order valence-electron chi connectivity index (χ2n) is 8.35. The summed E-state index contributed by atoms with van der Waals surface area (Å²) in [5.74, 6) is 0. The van der Waals surface area contributed by atoms with Crippen LogP contribution in [0.1, 0.15) is 25.1 Å². The molecule has 0 atom stereocenters. The molecular formula is C27H20N2. The molecule has 0 aliphatic heterocycles. The van der Waals surface area contributed by atoms with Crippen LogP contribution in [0.3, 0.4) is 0 Å². The van der Waals surface area contributed by atoms with Gasteiger partial charge in [0.05, 0.1) is 17.1 Å². The van der Waals surface area contributed by atoms with Crippen molar-refractivity contribution in [3.8, 4) is 22.5 Å². The van der Waals surface area contributed by atoms with Crippen molar-refractivity contribution in [3.05, 3.63) is 96.3 Å². The lowest BCUT2D eigenvalue weighted by Crippen LogP contribution is -2.26. The summed E-state index contributed by atoms with van der Waals surface area (Å²) in [6.45, 7) is 4.57. The minimum absolute atomic E-state index is 0.210. The van der Waals surface area contributed by atoms with E-state index in [-0.39, 0.29) is 5.41 Å². The lowest BCUT2D eigenvalue weighted by atomic mass is 9.71. The number of rotatable bonds is 1. The zero-order chi connectivity index (χ0) is 19.6. The molecule has 2 heteroatoms. The second kappa shape index (κ2) is 5.74. The van der Waals surface area contributed by atoms with Gasteiger partial charge in [-0.05, 0) is 46.0 Å². The number of nitrogens with zero attached hydrogens (tertiary/aromatic N) is 2. The lowest BCUT2D eigenvalue weighted by Gasteiger charge is -2.34. The van der Waals surface area contributed by atoms with Gasteiger partial charge in [0.1, 0.15) is 0 Å². The fourth-order valence-corrected chi connectivity index (χ4v) is 4.70. The first kappa shape index (κ1) is 16.4. The number of hydrogen-bond acceptors (Lipinski definition) is 2. The van der Waals surface area contributed by atoms with Gasteiger partial charge in [-0.25, -0.2) is 0 Å². The topological polar surface area (TPSA) is 25.8 Å². The van der Waals surface area contributed by atoms with Crippen LogP contribution in [0.15, 0.2) is 85.1 Å². The minimum Gasteiger partial charge on any atom is -0.256 e. The van der Waals surface area contributed by atoms with Crippen molar-refractivity contribution >= 4 is 21.5 Å². The maximum atomic E-state index is 5.19. The fraction of sp³-hybridized carbons (Fsp3) is 0.111. The Hall–Kier alpha value is -3.52. The molecule has 1 aliphatic rings. The van der Waals surface area contributed by atoms with E-state index >= 15 is 0 Å². The summed E-state index contributed by atoms with van der Waals surface area (Å²) < 4.78 is 0. The van der Waals surface area contributed by atoms with Crippen LogP contribution < -0.4 is 0 Å². The van der Waals surface area contributed by atoms with Crippen LogP contribution in [0.2, 0.25) is 0 Å². The highest BCUT2D eigenvalue weighted by Gasteiger charge is 2.36. The first-order chi connectivity index (χ1) is 14.1. The molecule has 0 radical (unpaired) electrons. The van der Waals surface area contributed by atoms with Gasteiger partial charge in [0.15, 0.2) is 0 Å². The van der Waals surface area contributed by atoms with Crippen LogP contribution in [0.4, 0.5) is 0 Å². The first-order valence-corrected chi connectivity index (χ1v) is 10.0. The predicted octanol–water partition coefficient (Wildman–Crippen LogP) is 6.76. The van der Waals surface area contributed by atoms with E-state index in [1.54, 1.807) is 0 Å². The standard InChI is InChI=1S/C27H20N2/c1-27(2)22-15-19-11-7-6-10-18(19)14-21(22)25-24-20(12-13-28-25)16-23(29-26(24)27)17-8-4-3-5-9-17/h3-16H,1-2H3. The van der Waals surface area contributed by atoms with Crippen LogP contribution >= 0.6 is 0 Å². The molecule has 1 aliphatic carbocycles. The summed E-state index contributed by atoms with van der Waals surface area (Å²) in [5.41, 5.74) is 6.62. The van der Waals surface area contributed by atoms with Gasteiger partial charge in [-0.15, -0.1) is 0 Å². The average molecular weight is 372 g/mol. The Balaban J connectivity index is 1.74. The van der Waals surface area contributed by atoms with Gasteiger partial charge in [0, 0.05) is 28.1 Å². The van der Waals surface area contributed by atoms with Gasteiger partial charge in [0.25, 0.3) is 0 Å². The number of aromatic nitrogens is 2. The largest absolute Gasteiger partial charge is 0.256 e. The summed E-state index contributed by atoms with van der Waals surface area (Å²) in [4.78, 5) is 10.0. The van der Waals surface area contributed by atoms with E-state index in [4.69, 9.17) is 9.97 Å². The molecule has 0 bridgehead atoms. The third-order valence-electron chi connectivity index (χ3n) is 6.22. The van der Waals surface area contributed by atoms with Crippen LogP contribution in [0, 0.1) is 0 Å². The molecule has 0 saturated carbocycles. The molecular weight excluding hydrogens is 352 g/mol. The Morgan fingerprint density at radius 1 is 0.724 bits per heavy atom. The van der Waals surface area contributed by atoms with Gasteiger partial charge in [0.2, 0.25) is 0 Å². The van der Waals surface area contributed by atoms with Gasteiger partial charge in [-0.1, -0.05) is 68.4 Å². The number of benzene rings is 3. The smallest absolute Gasteiger partial charge is 0.0802 e. The van der Waals surface area contributed by atoms with Crippen LogP contribution in [-0.2, 0) is 5.41 Å². The maximum absolute atomic E-state index is 5.19. The molecule has 138 valence electrons. The fourth-order valence-electron chi connectivity index (χ4n) is 4.70. The van der Waals surface area contributed by atoms with Crippen LogP contribution in [0.25, 0.3) is 44.1 Å². The number of pyridine rings is 2. The second-order valence-corrected chi connectivity index (χ2v) is 8.35. The molecule has 0 amide bonds. The van der Waals surface area contributed by atoms with E-state index in [1.165, 1.54) is 32.7 Å². The van der Waals surface area contributed by atoms with E-state index in [0.29, 0.717) is 0 Å². The van der Waals surface area contributed by atoms with Crippen molar-refractivity contribution in [3.63, 3.8) is 0 Å². The molecule has 3 aromatic carbocycles. The monoisotopic (exact) mass is 372 g/mol. The first-order valence-electron chi connectivity index (χ1n) is 10.0. The normalized spacial score (nSPS) is 14.1. The summed E-state index contributed by atoms with van der Waals surface area (Å²) in [6, 6.07) is 27.9. The van der Waals surface area contributed by atoms with Crippen LogP contribution in [-0.4, -0.2) is 9.97 Å². The Labute approximate surface area is 169 Å². The Bertz CT molecular complexity index is 1420. The van der Waals surface area contributed by atoms with E-state index in [2.05, 4.69) is 86.6 Å². The van der Waals surface area contributed by atoms with Crippen molar-refractivity contribution in [2.24, 2.45) is 0 Å². The zero-order valence-corrected chi connectivity index (χ0v) is 16.5. The van der Waals surface area contributed by atoms with E-state index < -0.39 is 0 Å². The highest BCUT2D eigenvalue weighted by molar-refractivity contribution is 6.04. The van der Waals surface area contributed by atoms with E-state index in [9.17, 15) is 0 Å². The summed E-state index contributed by atoms with van der Waals surface area (Å²) in [7, 11) is 0. The van der Waals surface area contributed by atoms with Gasteiger partial charge in [-0.2, -0.15) is 0 Å². The maximum Gasteiger partial charge on any atom is 0.0802 e. The van der Waals surface area contributed by atoms with Crippen LogP contribution in [0.5, 0.6) is 0 Å². The van der Waals surface area contributed by atoms with Gasteiger partial charge < -0.3 is 0 Å². The highest BCUT2D eigenvalue weighted by atomic mass is 14.8. The SMILES string of the molecule is CC1(C)c2cc3ccccc3cc2-c2nccc3cc(-c4ccccc4)nc1c23. The van der Waals surface area contributed by atoms with Crippen molar-refractivity contribution in [1.29, 1.82) is 0 Å². The minimum atomic E-state index is -0.210. The molecule has 0 spiro atoms. The molecule has 6 rings (SSSR count). The molecule has 2 nitrogen and oxygen atoms in total. The summed E-state index contributed by atoms with van der Waals surface area (Å²) in [6.07, 6.45) is 1.92. The van der Waals surface area contributed by atoms with E-state index in [0.717, 1.165) is 22.6 Å². The van der Waals surface area contributed by atoms with Gasteiger partial charge in [-0.3, -0.25) is 9.97 Å². The van der Waals surface area contributed by atoms with Crippen molar-refractivity contribution in [2.45, 2.75) is 19.3 Å². The van der Waals surface area contributed by atoms with Crippen molar-refractivity contribution in [2.75, 3.05) is 0 Å². The quantitative estimate of drug-likeness (QED) is 0.325. The number of hydrogen-bond donors (Lipinski definition) is 0. The third kappa shape index (κ3) is 2.29. The third-order valence-corrected chi connectivity index (χ3v) is 6.22. The predicted molar refractivity (Wildman–Crippen MR) is 120 cm³/mol. The van der Waals surface area contributed by atoms with E-state index in [1.807, 2.05) is 12.3 Å².